The zero-order valence-electron chi connectivity index (χ0n) is 6.51. The highest BCUT2D eigenvalue weighted by Gasteiger charge is 1.91. The van der Waals surface area contributed by atoms with Gasteiger partial charge in [-0.2, -0.15) is 0 Å². The zero-order valence-corrected chi connectivity index (χ0v) is 8.09. The van der Waals surface area contributed by atoms with Crippen LogP contribution in [0.4, 0.5) is 0 Å². The molecule has 3 nitrogen and oxygen atoms in total. The molecule has 1 rings (SSSR count). The quantitative estimate of drug-likeness (QED) is 0.442. The molecule has 0 bridgehead atoms. The highest BCUT2D eigenvalue weighted by Crippen LogP contribution is 2.20. The monoisotopic (exact) mass is 215 g/mol. The molecule has 0 amide bonds. The summed E-state index contributed by atoms with van der Waals surface area (Å²) in [4.78, 5) is 10.3. The Kier molecular flexibility index (Phi) is 3.79. The van der Waals surface area contributed by atoms with Crippen LogP contribution >= 0.6 is 23.4 Å². The molecule has 0 N–H and O–H groups in total. The number of nitrogens with zero attached hydrogens (tertiary/aromatic N) is 1. The Bertz CT molecular complexity index is 323. The lowest BCUT2D eigenvalue weighted by molar-refractivity contribution is -0.402. The third-order valence-corrected chi connectivity index (χ3v) is 2.25. The average molecular weight is 216 g/mol. The molecule has 0 aliphatic heterocycles. The van der Waals surface area contributed by atoms with Crippen LogP contribution in [0.5, 0.6) is 0 Å². The molecule has 13 heavy (non-hydrogen) atoms. The molecule has 68 valence electrons. The van der Waals surface area contributed by atoms with Gasteiger partial charge in [0.2, 0.25) is 6.20 Å². The zero-order chi connectivity index (χ0) is 9.68. The Labute approximate surface area is 84.6 Å². The largest absolute Gasteiger partial charge is 0.259 e. The van der Waals surface area contributed by atoms with Gasteiger partial charge in [0, 0.05) is 15.3 Å². The third kappa shape index (κ3) is 3.96. The predicted molar refractivity (Wildman–Crippen MR) is 53.4 cm³/mol. The van der Waals surface area contributed by atoms with Crippen molar-refractivity contribution in [2.24, 2.45) is 0 Å². The minimum atomic E-state index is -0.497. The summed E-state index contributed by atoms with van der Waals surface area (Å²) in [5, 5.41) is 12.0. The van der Waals surface area contributed by atoms with Gasteiger partial charge in [-0.25, -0.2) is 0 Å². The van der Waals surface area contributed by atoms with Crippen LogP contribution in [0.1, 0.15) is 0 Å². The third-order valence-electron chi connectivity index (χ3n) is 1.20. The van der Waals surface area contributed by atoms with Crippen molar-refractivity contribution in [3.05, 3.63) is 51.0 Å². The van der Waals surface area contributed by atoms with E-state index < -0.39 is 4.92 Å². The number of thioether (sulfide) groups is 1. The van der Waals surface area contributed by atoms with Crippen LogP contribution in [0, 0.1) is 10.1 Å². The molecule has 1 aromatic carbocycles. The Morgan fingerprint density at radius 1 is 1.38 bits per heavy atom. The molecule has 1 aromatic rings. The van der Waals surface area contributed by atoms with Crippen molar-refractivity contribution in [2.45, 2.75) is 4.90 Å². The summed E-state index contributed by atoms with van der Waals surface area (Å²) in [7, 11) is 0. The topological polar surface area (TPSA) is 43.1 Å². The molecule has 0 saturated carbocycles. The van der Waals surface area contributed by atoms with Gasteiger partial charge in [0.05, 0.1) is 4.92 Å². The Balaban J connectivity index is 2.55. The summed E-state index contributed by atoms with van der Waals surface area (Å²) in [6.45, 7) is 0. The van der Waals surface area contributed by atoms with Crippen molar-refractivity contribution in [2.75, 3.05) is 0 Å². The van der Waals surface area contributed by atoms with E-state index in [0.29, 0.717) is 5.02 Å². The number of halogens is 1. The van der Waals surface area contributed by atoms with Crippen LogP contribution < -0.4 is 0 Å². The Morgan fingerprint density at radius 3 is 2.54 bits per heavy atom. The highest BCUT2D eigenvalue weighted by molar-refractivity contribution is 8.02. The van der Waals surface area contributed by atoms with E-state index in [9.17, 15) is 10.1 Å². The van der Waals surface area contributed by atoms with Crippen LogP contribution in [0.15, 0.2) is 40.8 Å². The van der Waals surface area contributed by atoms with Crippen molar-refractivity contribution >= 4 is 23.4 Å². The summed E-state index contributed by atoms with van der Waals surface area (Å²) in [6.07, 6.45) is 0.902. The minimum Gasteiger partial charge on any atom is -0.259 e. The van der Waals surface area contributed by atoms with Gasteiger partial charge in [0.25, 0.3) is 0 Å². The van der Waals surface area contributed by atoms with Crippen LogP contribution in [0.25, 0.3) is 0 Å². The van der Waals surface area contributed by atoms with Crippen LogP contribution in [-0.4, -0.2) is 4.92 Å². The molecule has 0 saturated heterocycles. The molecule has 0 aromatic heterocycles. The van der Waals surface area contributed by atoms with Crippen molar-refractivity contribution in [1.29, 1.82) is 0 Å². The van der Waals surface area contributed by atoms with Gasteiger partial charge in [-0.1, -0.05) is 23.4 Å². The van der Waals surface area contributed by atoms with Crippen molar-refractivity contribution in [3.63, 3.8) is 0 Å². The molecular weight excluding hydrogens is 210 g/mol. The predicted octanol–water partition coefficient (Wildman–Crippen LogP) is 3.18. The van der Waals surface area contributed by atoms with E-state index in [4.69, 9.17) is 11.6 Å². The first-order valence-electron chi connectivity index (χ1n) is 3.41. The molecule has 0 radical (unpaired) electrons. The first-order valence-corrected chi connectivity index (χ1v) is 4.66. The van der Waals surface area contributed by atoms with E-state index in [1.54, 1.807) is 24.3 Å². The number of benzene rings is 1. The highest BCUT2D eigenvalue weighted by atomic mass is 35.5. The van der Waals surface area contributed by atoms with E-state index in [2.05, 4.69) is 0 Å². The number of rotatable bonds is 3. The van der Waals surface area contributed by atoms with Crippen molar-refractivity contribution in [1.82, 2.24) is 0 Å². The molecule has 0 aliphatic rings. The van der Waals surface area contributed by atoms with Crippen LogP contribution in [-0.2, 0) is 0 Å². The summed E-state index contributed by atoms with van der Waals surface area (Å²) in [5.74, 6) is 0. The number of hydrogen-bond acceptors (Lipinski definition) is 3. The lowest BCUT2D eigenvalue weighted by Gasteiger charge is -1.93. The average Bonchev–Trinajstić information content (AvgIpc) is 2.08. The maximum absolute atomic E-state index is 9.93. The van der Waals surface area contributed by atoms with E-state index >= 15 is 0 Å². The second-order valence-electron chi connectivity index (χ2n) is 2.14. The SMILES string of the molecule is O=[N+]([O-])C=CSc1ccc(Cl)cc1. The van der Waals surface area contributed by atoms with Gasteiger partial charge in [0.1, 0.15) is 0 Å². The summed E-state index contributed by atoms with van der Waals surface area (Å²) in [5.41, 5.74) is 0. The maximum Gasteiger partial charge on any atom is 0.241 e. The van der Waals surface area contributed by atoms with Gasteiger partial charge in [-0.3, -0.25) is 10.1 Å². The summed E-state index contributed by atoms with van der Waals surface area (Å²) >= 11 is 6.94. The van der Waals surface area contributed by atoms with E-state index in [-0.39, 0.29) is 0 Å². The molecular formula is C8H6ClNO2S. The van der Waals surface area contributed by atoms with E-state index in [1.165, 1.54) is 17.2 Å². The molecule has 0 atom stereocenters. The van der Waals surface area contributed by atoms with Crippen LogP contribution in [0.2, 0.25) is 5.02 Å². The molecule has 0 heterocycles. The first kappa shape index (κ1) is 10.1. The first-order chi connectivity index (χ1) is 6.18. The van der Waals surface area contributed by atoms with Crippen molar-refractivity contribution in [3.8, 4) is 0 Å². The molecule has 0 fully saturated rings. The van der Waals surface area contributed by atoms with Gasteiger partial charge >= 0.3 is 0 Å². The maximum atomic E-state index is 9.93. The van der Waals surface area contributed by atoms with E-state index in [0.717, 1.165) is 11.1 Å². The fourth-order valence-corrected chi connectivity index (χ4v) is 1.41. The Morgan fingerprint density at radius 2 is 2.00 bits per heavy atom. The van der Waals surface area contributed by atoms with Crippen molar-refractivity contribution < 1.29 is 4.92 Å². The van der Waals surface area contributed by atoms with Gasteiger partial charge < -0.3 is 0 Å². The lowest BCUT2D eigenvalue weighted by Crippen LogP contribution is -1.80. The summed E-state index contributed by atoms with van der Waals surface area (Å²) < 4.78 is 0. The van der Waals surface area contributed by atoms with Gasteiger partial charge in [-0.05, 0) is 24.3 Å². The minimum absolute atomic E-state index is 0.497. The Hall–Kier alpha value is -1.00. The second kappa shape index (κ2) is 4.89. The molecule has 0 aliphatic carbocycles. The van der Waals surface area contributed by atoms with Gasteiger partial charge in [0.15, 0.2) is 0 Å². The number of hydrogen-bond donors (Lipinski definition) is 0. The normalized spacial score (nSPS) is 10.5. The fourth-order valence-electron chi connectivity index (χ4n) is 0.672. The van der Waals surface area contributed by atoms with Crippen LogP contribution in [0.3, 0.4) is 0 Å². The summed E-state index contributed by atoms with van der Waals surface area (Å²) in [6, 6.07) is 7.09. The lowest BCUT2D eigenvalue weighted by atomic mass is 10.4. The fraction of sp³-hybridized carbons (Fsp3) is 0. The standard InChI is InChI=1S/C8H6ClNO2S/c9-7-1-3-8(4-2-7)13-6-5-10(11)12/h1-6H. The smallest absolute Gasteiger partial charge is 0.241 e. The molecule has 5 heteroatoms. The molecule has 0 spiro atoms. The second-order valence-corrected chi connectivity index (χ2v) is 3.56. The molecule has 0 unspecified atom stereocenters. The van der Waals surface area contributed by atoms with E-state index in [1.807, 2.05) is 0 Å². The number of nitro groups is 1. The van der Waals surface area contributed by atoms with Gasteiger partial charge in [-0.15, -0.1) is 0 Å².